The fraction of sp³-hybridized carbons (Fsp3) is 0.292. The van der Waals surface area contributed by atoms with E-state index in [-0.39, 0.29) is 18.4 Å². The fourth-order valence-electron chi connectivity index (χ4n) is 3.84. The van der Waals surface area contributed by atoms with Gasteiger partial charge < -0.3 is 15.5 Å². The van der Waals surface area contributed by atoms with Gasteiger partial charge in [-0.1, -0.05) is 23.8 Å². The van der Waals surface area contributed by atoms with Crippen LogP contribution >= 0.6 is 0 Å². The molecular weight excluding hydrogens is 390 g/mol. The van der Waals surface area contributed by atoms with E-state index >= 15 is 0 Å². The van der Waals surface area contributed by atoms with Crippen LogP contribution < -0.4 is 15.5 Å². The van der Waals surface area contributed by atoms with Gasteiger partial charge in [0.2, 0.25) is 5.91 Å². The maximum Gasteiger partial charge on any atom is 0.253 e. The molecule has 0 spiro atoms. The number of carbonyl (C=O) groups is 2. The Balaban J connectivity index is 1.39. The monoisotopic (exact) mass is 417 g/mol. The lowest BCUT2D eigenvalue weighted by atomic mass is 10.1. The predicted octanol–water partition coefficient (Wildman–Crippen LogP) is 3.36. The molecule has 2 heterocycles. The van der Waals surface area contributed by atoms with Crippen LogP contribution in [-0.4, -0.2) is 34.7 Å². The zero-order valence-corrected chi connectivity index (χ0v) is 17.7. The van der Waals surface area contributed by atoms with E-state index in [2.05, 4.69) is 26.7 Å². The molecule has 4 rings (SSSR count). The number of nitrogens with zero attached hydrogens (tertiary/aromatic N) is 3. The standard InChI is InChI=1S/C24H27N5O2/c1-18-8-9-22(28-11-2-3-12-28)21(14-18)24(31)25-16-19-6-4-7-20(15-19)27-23(30)17-29-13-5-10-26-29/h4-10,13-15H,2-3,11-12,16-17H2,1H3,(H,25,31)(H,27,30). The molecular formula is C24H27N5O2. The van der Waals surface area contributed by atoms with Gasteiger partial charge in [0.1, 0.15) is 6.54 Å². The molecule has 160 valence electrons. The van der Waals surface area contributed by atoms with Crippen molar-refractivity contribution in [2.75, 3.05) is 23.3 Å². The molecule has 3 aromatic rings. The Kier molecular flexibility index (Phi) is 6.31. The van der Waals surface area contributed by atoms with Crippen LogP contribution in [0.3, 0.4) is 0 Å². The van der Waals surface area contributed by atoms with Gasteiger partial charge in [-0.2, -0.15) is 5.10 Å². The van der Waals surface area contributed by atoms with Crippen molar-refractivity contribution in [3.05, 3.63) is 77.6 Å². The lowest BCUT2D eigenvalue weighted by Crippen LogP contribution is -2.27. The molecule has 7 nitrogen and oxygen atoms in total. The van der Waals surface area contributed by atoms with E-state index < -0.39 is 0 Å². The van der Waals surface area contributed by atoms with Crippen LogP contribution in [0.2, 0.25) is 0 Å². The van der Waals surface area contributed by atoms with Crippen molar-refractivity contribution in [2.24, 2.45) is 0 Å². The molecule has 0 saturated carbocycles. The van der Waals surface area contributed by atoms with Gasteiger partial charge in [0, 0.05) is 43.4 Å². The number of aromatic nitrogens is 2. The van der Waals surface area contributed by atoms with Gasteiger partial charge in [-0.15, -0.1) is 0 Å². The third-order valence-electron chi connectivity index (χ3n) is 5.37. The Morgan fingerprint density at radius 2 is 1.90 bits per heavy atom. The van der Waals surface area contributed by atoms with E-state index in [1.807, 2.05) is 43.3 Å². The van der Waals surface area contributed by atoms with Gasteiger partial charge >= 0.3 is 0 Å². The summed E-state index contributed by atoms with van der Waals surface area (Å²) in [5.41, 5.74) is 4.39. The van der Waals surface area contributed by atoms with E-state index in [4.69, 9.17) is 0 Å². The number of nitrogens with one attached hydrogen (secondary N) is 2. The third kappa shape index (κ3) is 5.31. The first-order valence-electron chi connectivity index (χ1n) is 10.6. The zero-order valence-electron chi connectivity index (χ0n) is 17.7. The quantitative estimate of drug-likeness (QED) is 0.618. The minimum absolute atomic E-state index is 0.0845. The summed E-state index contributed by atoms with van der Waals surface area (Å²) in [4.78, 5) is 27.4. The Labute approximate surface area is 182 Å². The number of amides is 2. The minimum atomic E-state index is -0.153. The molecule has 1 aliphatic rings. The first-order chi connectivity index (χ1) is 15.1. The number of hydrogen-bond donors (Lipinski definition) is 2. The van der Waals surface area contributed by atoms with Crippen LogP contribution in [0.1, 0.15) is 34.3 Å². The minimum Gasteiger partial charge on any atom is -0.371 e. The van der Waals surface area contributed by atoms with Crippen LogP contribution in [0.15, 0.2) is 60.9 Å². The molecule has 1 aromatic heterocycles. The van der Waals surface area contributed by atoms with E-state index in [0.29, 0.717) is 17.8 Å². The molecule has 0 atom stereocenters. The summed E-state index contributed by atoms with van der Waals surface area (Å²) in [5, 5.41) is 9.94. The Morgan fingerprint density at radius 3 is 2.68 bits per heavy atom. The molecule has 0 aliphatic carbocycles. The highest BCUT2D eigenvalue weighted by molar-refractivity contribution is 6.00. The Hall–Kier alpha value is -3.61. The number of anilines is 2. The number of hydrogen-bond acceptors (Lipinski definition) is 4. The summed E-state index contributed by atoms with van der Waals surface area (Å²) in [5.74, 6) is -0.237. The fourth-order valence-corrected chi connectivity index (χ4v) is 3.84. The highest BCUT2D eigenvalue weighted by Gasteiger charge is 2.19. The molecule has 31 heavy (non-hydrogen) atoms. The zero-order chi connectivity index (χ0) is 21.6. The lowest BCUT2D eigenvalue weighted by molar-refractivity contribution is -0.116. The summed E-state index contributed by atoms with van der Waals surface area (Å²) >= 11 is 0. The van der Waals surface area contributed by atoms with Crippen molar-refractivity contribution in [3.8, 4) is 0 Å². The SMILES string of the molecule is Cc1ccc(N2CCCC2)c(C(=O)NCc2cccc(NC(=O)Cn3cccn3)c2)c1. The second-order valence-corrected chi connectivity index (χ2v) is 7.85. The molecule has 7 heteroatoms. The molecule has 2 N–H and O–H groups in total. The van der Waals surface area contributed by atoms with Gasteiger partial charge in [-0.25, -0.2) is 0 Å². The van der Waals surface area contributed by atoms with E-state index in [9.17, 15) is 9.59 Å². The van der Waals surface area contributed by atoms with Crippen molar-refractivity contribution in [3.63, 3.8) is 0 Å². The summed E-state index contributed by atoms with van der Waals surface area (Å²) in [6.45, 7) is 4.52. The molecule has 1 saturated heterocycles. The van der Waals surface area contributed by atoms with Crippen molar-refractivity contribution in [1.29, 1.82) is 0 Å². The van der Waals surface area contributed by atoms with Crippen LogP contribution in [0, 0.1) is 6.92 Å². The molecule has 0 bridgehead atoms. The first kappa shape index (κ1) is 20.7. The van der Waals surface area contributed by atoms with E-state index in [1.165, 1.54) is 0 Å². The van der Waals surface area contributed by atoms with Crippen LogP contribution in [0.4, 0.5) is 11.4 Å². The van der Waals surface area contributed by atoms with Crippen molar-refractivity contribution >= 4 is 23.2 Å². The average molecular weight is 418 g/mol. The highest BCUT2D eigenvalue weighted by atomic mass is 16.2. The average Bonchev–Trinajstić information content (AvgIpc) is 3.46. The topological polar surface area (TPSA) is 79.3 Å². The summed E-state index contributed by atoms with van der Waals surface area (Å²) in [6.07, 6.45) is 5.70. The second-order valence-electron chi connectivity index (χ2n) is 7.85. The van der Waals surface area contributed by atoms with Gasteiger partial charge in [0.15, 0.2) is 0 Å². The second kappa shape index (κ2) is 9.47. The largest absolute Gasteiger partial charge is 0.371 e. The summed E-state index contributed by atoms with van der Waals surface area (Å²) in [7, 11) is 0. The molecule has 2 amide bonds. The lowest BCUT2D eigenvalue weighted by Gasteiger charge is -2.21. The molecule has 2 aromatic carbocycles. The Morgan fingerprint density at radius 1 is 1.06 bits per heavy atom. The molecule has 1 fully saturated rings. The Bertz CT molecular complexity index is 1060. The smallest absolute Gasteiger partial charge is 0.253 e. The molecule has 0 unspecified atom stereocenters. The highest BCUT2D eigenvalue weighted by Crippen LogP contribution is 2.26. The van der Waals surface area contributed by atoms with Crippen molar-refractivity contribution in [1.82, 2.24) is 15.1 Å². The summed E-state index contributed by atoms with van der Waals surface area (Å²) in [6, 6.07) is 15.3. The number of benzene rings is 2. The number of rotatable bonds is 7. The number of aryl methyl sites for hydroxylation is 1. The molecule has 0 radical (unpaired) electrons. The normalized spacial score (nSPS) is 13.3. The van der Waals surface area contributed by atoms with Crippen LogP contribution in [-0.2, 0) is 17.9 Å². The van der Waals surface area contributed by atoms with Gasteiger partial charge in [0.25, 0.3) is 5.91 Å². The maximum atomic E-state index is 13.0. The maximum absolute atomic E-state index is 13.0. The van der Waals surface area contributed by atoms with Crippen molar-refractivity contribution in [2.45, 2.75) is 32.9 Å². The number of carbonyl (C=O) groups excluding carboxylic acids is 2. The van der Waals surface area contributed by atoms with Gasteiger partial charge in [-0.05, 0) is 55.7 Å². The van der Waals surface area contributed by atoms with Crippen LogP contribution in [0.25, 0.3) is 0 Å². The molecule has 1 aliphatic heterocycles. The summed E-state index contributed by atoms with van der Waals surface area (Å²) < 4.78 is 1.57. The van der Waals surface area contributed by atoms with Gasteiger partial charge in [-0.3, -0.25) is 14.3 Å². The van der Waals surface area contributed by atoms with E-state index in [0.717, 1.165) is 42.7 Å². The predicted molar refractivity (Wildman–Crippen MR) is 121 cm³/mol. The first-order valence-corrected chi connectivity index (χ1v) is 10.6. The van der Waals surface area contributed by atoms with Crippen molar-refractivity contribution < 1.29 is 9.59 Å². The van der Waals surface area contributed by atoms with Gasteiger partial charge in [0.05, 0.1) is 5.56 Å². The van der Waals surface area contributed by atoms with E-state index in [1.54, 1.807) is 23.1 Å². The third-order valence-corrected chi connectivity index (χ3v) is 5.37. The van der Waals surface area contributed by atoms with Crippen LogP contribution in [0.5, 0.6) is 0 Å².